The summed E-state index contributed by atoms with van der Waals surface area (Å²) >= 11 is 0. The number of hydrogen-bond donors (Lipinski definition) is 1. The van der Waals surface area contributed by atoms with Crippen molar-refractivity contribution in [3.63, 3.8) is 0 Å². The van der Waals surface area contributed by atoms with Crippen molar-refractivity contribution in [3.05, 3.63) is 88.0 Å². The van der Waals surface area contributed by atoms with E-state index < -0.39 is 0 Å². The van der Waals surface area contributed by atoms with Crippen LogP contribution in [0.25, 0.3) is 5.32 Å². The Hall–Kier alpha value is -1.44. The van der Waals surface area contributed by atoms with Crippen molar-refractivity contribution < 1.29 is 53.7 Å². The zero-order valence-corrected chi connectivity index (χ0v) is 18.9. The standard InChI is InChI=1S/C20H20N2O2.Ac/c1-2-12-21-17-18(22-13-14-8-4-3-5-9-14)20(24)16-11-7-6-10-15(16)19(17)23;/h3-11H,2,12-13H2,1H3,(H2,21,22,23,24);/p-1. The van der Waals surface area contributed by atoms with E-state index in [1.165, 1.54) is 0 Å². The van der Waals surface area contributed by atoms with Crippen LogP contribution in [0.2, 0.25) is 0 Å². The molecule has 4 nitrogen and oxygen atoms in total. The molecule has 0 heterocycles. The first-order chi connectivity index (χ1) is 11.7. The summed E-state index contributed by atoms with van der Waals surface area (Å²) in [6, 6.07) is 16.7. The molecule has 0 bridgehead atoms. The summed E-state index contributed by atoms with van der Waals surface area (Å²) in [4.78, 5) is 25.6. The van der Waals surface area contributed by atoms with Gasteiger partial charge in [-0.2, -0.15) is 0 Å². The number of allylic oxidation sites excluding steroid dienone is 2. The summed E-state index contributed by atoms with van der Waals surface area (Å²) in [6.45, 7) is 2.99. The number of nitrogens with one attached hydrogen (secondary N) is 1. The molecule has 125 valence electrons. The van der Waals surface area contributed by atoms with E-state index in [1.807, 2.05) is 37.3 Å². The molecule has 0 spiro atoms. The number of Topliss-reactive ketones (excluding diaryl/α,β-unsaturated/α-hetero) is 2. The van der Waals surface area contributed by atoms with Crippen molar-refractivity contribution in [2.75, 3.05) is 6.54 Å². The largest absolute Gasteiger partial charge is 0.679 e. The van der Waals surface area contributed by atoms with Gasteiger partial charge in [0, 0.05) is 61.7 Å². The van der Waals surface area contributed by atoms with Gasteiger partial charge < -0.3 is 10.6 Å². The number of rotatable bonds is 6. The molecule has 2 aromatic rings. The van der Waals surface area contributed by atoms with Gasteiger partial charge in [-0.1, -0.05) is 73.6 Å². The van der Waals surface area contributed by atoms with Crippen molar-refractivity contribution in [3.8, 4) is 0 Å². The van der Waals surface area contributed by atoms with Crippen LogP contribution in [0.15, 0.2) is 66.0 Å². The fraction of sp³-hybridized carbons (Fsp3) is 0.200. The molecular formula is C20H19AcN2O2-. The van der Waals surface area contributed by atoms with Gasteiger partial charge in [0.25, 0.3) is 0 Å². The maximum absolute atomic E-state index is 12.8. The van der Waals surface area contributed by atoms with Crippen molar-refractivity contribution in [1.29, 1.82) is 0 Å². The first-order valence-electron chi connectivity index (χ1n) is 8.10. The third kappa shape index (κ3) is 4.40. The maximum Gasteiger partial charge on any atom is 0.208 e. The molecular weight excluding hydrogens is 527 g/mol. The van der Waals surface area contributed by atoms with Gasteiger partial charge in [-0.25, -0.2) is 0 Å². The molecule has 1 aliphatic rings. The number of fused-ring (bicyclic) bond motifs is 1. The molecule has 0 aliphatic heterocycles. The van der Waals surface area contributed by atoms with Crippen LogP contribution in [0.3, 0.4) is 0 Å². The van der Waals surface area contributed by atoms with E-state index in [2.05, 4.69) is 10.6 Å². The first kappa shape index (κ1) is 19.9. The summed E-state index contributed by atoms with van der Waals surface area (Å²) in [5.41, 5.74) is 2.46. The summed E-state index contributed by atoms with van der Waals surface area (Å²) in [7, 11) is 0. The SMILES string of the molecule is CCC[N-]C1=C(NCc2ccccc2)C(=O)c2ccccc2C1=O.[Ac]. The molecule has 3 rings (SSSR count). The fourth-order valence-corrected chi connectivity index (χ4v) is 2.69. The quantitative estimate of drug-likeness (QED) is 0.599. The second-order valence-corrected chi connectivity index (χ2v) is 5.65. The Labute approximate surface area is 183 Å². The van der Waals surface area contributed by atoms with Crippen molar-refractivity contribution in [2.45, 2.75) is 19.9 Å². The van der Waals surface area contributed by atoms with Crippen molar-refractivity contribution in [1.82, 2.24) is 5.32 Å². The molecule has 0 fully saturated rings. The fourth-order valence-electron chi connectivity index (χ4n) is 2.69. The molecule has 1 aliphatic carbocycles. The van der Waals surface area contributed by atoms with Crippen LogP contribution in [-0.2, 0) is 6.54 Å². The number of nitrogens with zero attached hydrogens (tertiary/aromatic N) is 1. The Morgan fingerprint density at radius 1 is 0.880 bits per heavy atom. The summed E-state index contributed by atoms with van der Waals surface area (Å²) in [5.74, 6) is -0.356. The van der Waals surface area contributed by atoms with E-state index >= 15 is 0 Å². The second-order valence-electron chi connectivity index (χ2n) is 5.65. The summed E-state index contributed by atoms with van der Waals surface area (Å²) in [6.07, 6.45) is 0.818. The van der Waals surface area contributed by atoms with Crippen LogP contribution in [0, 0.1) is 44.1 Å². The van der Waals surface area contributed by atoms with Gasteiger partial charge in [0.15, 0.2) is 5.78 Å². The normalized spacial score (nSPS) is 13.2. The second kappa shape index (κ2) is 9.31. The van der Waals surface area contributed by atoms with Crippen LogP contribution < -0.4 is 5.32 Å². The predicted molar refractivity (Wildman–Crippen MR) is 93.9 cm³/mol. The third-order valence-electron chi connectivity index (χ3n) is 3.90. The van der Waals surface area contributed by atoms with E-state index in [9.17, 15) is 9.59 Å². The van der Waals surface area contributed by atoms with Crippen molar-refractivity contribution in [2.24, 2.45) is 0 Å². The van der Waals surface area contributed by atoms with Gasteiger partial charge >= 0.3 is 0 Å². The molecule has 0 unspecified atom stereocenters. The molecule has 2 aromatic carbocycles. The molecule has 0 atom stereocenters. The van der Waals surface area contributed by atoms with Crippen LogP contribution in [-0.4, -0.2) is 18.1 Å². The monoisotopic (exact) mass is 546 g/mol. The molecule has 0 saturated heterocycles. The first-order valence-corrected chi connectivity index (χ1v) is 8.10. The average molecular weight is 546 g/mol. The Balaban J connectivity index is 0.00000225. The molecule has 0 aromatic heterocycles. The smallest absolute Gasteiger partial charge is 0.208 e. The Kier molecular flexibility index (Phi) is 7.41. The van der Waals surface area contributed by atoms with Gasteiger partial charge in [-0.15, -0.1) is 6.54 Å². The topological polar surface area (TPSA) is 60.3 Å². The van der Waals surface area contributed by atoms with E-state index in [1.54, 1.807) is 24.3 Å². The zero-order chi connectivity index (χ0) is 16.9. The molecule has 0 saturated carbocycles. The zero-order valence-electron chi connectivity index (χ0n) is 14.2. The maximum atomic E-state index is 12.8. The van der Waals surface area contributed by atoms with Crippen LogP contribution in [0.4, 0.5) is 0 Å². The van der Waals surface area contributed by atoms with Crippen LogP contribution >= 0.6 is 0 Å². The van der Waals surface area contributed by atoms with Crippen molar-refractivity contribution >= 4 is 11.6 Å². The summed E-state index contributed by atoms with van der Waals surface area (Å²) in [5, 5.41) is 7.51. The number of carbonyl (C=O) groups is 2. The van der Waals surface area contributed by atoms with E-state index in [-0.39, 0.29) is 61.3 Å². The molecule has 1 N–H and O–H groups in total. The minimum absolute atomic E-state index is 0. The predicted octanol–water partition coefficient (Wildman–Crippen LogP) is 3.85. The van der Waals surface area contributed by atoms with E-state index in [0.717, 1.165) is 12.0 Å². The number of ketones is 2. The molecule has 25 heavy (non-hydrogen) atoms. The number of hydrogen-bond acceptors (Lipinski definition) is 3. The summed E-state index contributed by atoms with van der Waals surface area (Å²) < 4.78 is 0. The average Bonchev–Trinajstić information content (AvgIpc) is 2.63. The van der Waals surface area contributed by atoms with Gasteiger partial charge in [0.1, 0.15) is 0 Å². The third-order valence-corrected chi connectivity index (χ3v) is 3.90. The number of benzene rings is 2. The minimum Gasteiger partial charge on any atom is -0.679 e. The van der Waals surface area contributed by atoms with Crippen LogP contribution in [0.1, 0.15) is 39.6 Å². The van der Waals surface area contributed by atoms with E-state index in [4.69, 9.17) is 0 Å². The molecule has 1 radical (unpaired) electrons. The van der Waals surface area contributed by atoms with Gasteiger partial charge in [0.2, 0.25) is 5.78 Å². The Morgan fingerprint density at radius 3 is 2.12 bits per heavy atom. The van der Waals surface area contributed by atoms with Gasteiger partial charge in [-0.05, 0) is 5.56 Å². The minimum atomic E-state index is -0.186. The molecule has 5 heteroatoms. The number of carbonyl (C=O) groups excluding carboxylic acids is 2. The van der Waals surface area contributed by atoms with Crippen LogP contribution in [0.5, 0.6) is 0 Å². The Morgan fingerprint density at radius 2 is 1.48 bits per heavy atom. The van der Waals surface area contributed by atoms with Gasteiger partial charge in [0.05, 0.1) is 5.70 Å². The van der Waals surface area contributed by atoms with E-state index in [0.29, 0.717) is 29.9 Å². The Bertz CT molecular complexity index is 800. The van der Waals surface area contributed by atoms with Gasteiger partial charge in [-0.3, -0.25) is 9.59 Å². The molecule has 0 amide bonds.